The van der Waals surface area contributed by atoms with E-state index in [9.17, 15) is 0 Å². The minimum atomic E-state index is 0.295. The quantitative estimate of drug-likeness (QED) is 0.624. The fraction of sp³-hybridized carbons (Fsp3) is 0.333. The number of likely N-dealkylation sites (N-methyl/N-ethyl adjacent to an activating group) is 1. The van der Waals surface area contributed by atoms with E-state index in [2.05, 4.69) is 54.5 Å². The molecule has 0 amide bonds. The first-order chi connectivity index (χ1) is 10.2. The van der Waals surface area contributed by atoms with E-state index in [1.54, 1.807) is 0 Å². The van der Waals surface area contributed by atoms with E-state index < -0.39 is 0 Å². The molecule has 21 heavy (non-hydrogen) atoms. The highest BCUT2D eigenvalue weighted by Crippen LogP contribution is 2.28. The van der Waals surface area contributed by atoms with Gasteiger partial charge in [0, 0.05) is 25.2 Å². The Hall–Kier alpha value is -2.02. The van der Waals surface area contributed by atoms with Gasteiger partial charge in [-0.1, -0.05) is 36.3 Å². The van der Waals surface area contributed by atoms with Crippen molar-refractivity contribution >= 4 is 10.8 Å². The van der Waals surface area contributed by atoms with Crippen molar-refractivity contribution in [2.75, 3.05) is 33.8 Å². The highest BCUT2D eigenvalue weighted by atomic mass is 16.5. The summed E-state index contributed by atoms with van der Waals surface area (Å²) in [5.74, 6) is 3.39. The molecule has 2 aromatic rings. The third kappa shape index (κ3) is 4.22. The van der Waals surface area contributed by atoms with Crippen molar-refractivity contribution < 1.29 is 4.74 Å². The molecule has 3 heteroatoms. The van der Waals surface area contributed by atoms with Gasteiger partial charge >= 0.3 is 0 Å². The summed E-state index contributed by atoms with van der Waals surface area (Å²) in [5, 5.41) is 5.90. The first-order valence-electron chi connectivity index (χ1n) is 7.14. The van der Waals surface area contributed by atoms with Gasteiger partial charge in [-0.2, -0.15) is 0 Å². The van der Waals surface area contributed by atoms with E-state index in [-0.39, 0.29) is 0 Å². The third-order valence-corrected chi connectivity index (χ3v) is 3.35. The molecule has 2 rings (SSSR count). The minimum absolute atomic E-state index is 0.295. The van der Waals surface area contributed by atoms with Crippen LogP contribution in [0.5, 0.6) is 5.75 Å². The van der Waals surface area contributed by atoms with Gasteiger partial charge in [-0.3, -0.25) is 0 Å². The highest BCUT2D eigenvalue weighted by Gasteiger charge is 2.08. The molecule has 0 aliphatic rings. The number of hydrogen-bond donors (Lipinski definition) is 1. The maximum Gasteiger partial charge on any atom is 0.148 e. The van der Waals surface area contributed by atoms with Crippen LogP contribution in [0.4, 0.5) is 0 Å². The van der Waals surface area contributed by atoms with Crippen molar-refractivity contribution in [3.63, 3.8) is 0 Å². The van der Waals surface area contributed by atoms with Crippen LogP contribution in [-0.4, -0.2) is 38.7 Å². The summed E-state index contributed by atoms with van der Waals surface area (Å²) in [6.45, 7) is 3.01. The molecule has 0 radical (unpaired) electrons. The number of ether oxygens (including phenoxy) is 1. The summed E-state index contributed by atoms with van der Waals surface area (Å²) in [7, 11) is 4.14. The Morgan fingerprint density at radius 2 is 2.00 bits per heavy atom. The van der Waals surface area contributed by atoms with Crippen molar-refractivity contribution in [2.24, 2.45) is 0 Å². The van der Waals surface area contributed by atoms with Crippen LogP contribution in [0.25, 0.3) is 10.8 Å². The van der Waals surface area contributed by atoms with Gasteiger partial charge in [0.2, 0.25) is 0 Å². The van der Waals surface area contributed by atoms with Gasteiger partial charge in [0.05, 0.1) is 0 Å². The van der Waals surface area contributed by atoms with E-state index in [1.165, 1.54) is 16.3 Å². The summed E-state index contributed by atoms with van der Waals surface area (Å²) in [6, 6.07) is 12.4. The molecule has 0 aromatic heterocycles. The third-order valence-electron chi connectivity index (χ3n) is 3.35. The predicted octanol–water partition coefficient (Wildman–Crippen LogP) is 2.50. The molecular weight excluding hydrogens is 260 g/mol. The lowest BCUT2D eigenvalue weighted by atomic mass is 10.0. The molecule has 0 bridgehead atoms. The van der Waals surface area contributed by atoms with Gasteiger partial charge in [-0.05, 0) is 30.9 Å². The summed E-state index contributed by atoms with van der Waals surface area (Å²) in [5.41, 5.74) is 1.17. The van der Waals surface area contributed by atoms with Crippen LogP contribution in [-0.2, 0) is 6.54 Å². The molecule has 0 fully saturated rings. The lowest BCUT2D eigenvalue weighted by molar-refractivity contribution is 0.363. The lowest BCUT2D eigenvalue weighted by Crippen LogP contribution is -2.26. The SMILES string of the molecule is C#CCOc1ccc2ccccc2c1CNCCN(C)C. The van der Waals surface area contributed by atoms with Crippen LogP contribution in [0.1, 0.15) is 5.56 Å². The number of terminal acetylenes is 1. The van der Waals surface area contributed by atoms with E-state index in [1.807, 2.05) is 12.1 Å². The number of rotatable bonds is 7. The first kappa shape index (κ1) is 15.4. The zero-order chi connectivity index (χ0) is 15.1. The molecule has 3 nitrogen and oxygen atoms in total. The van der Waals surface area contributed by atoms with Crippen molar-refractivity contribution in [3.05, 3.63) is 42.0 Å². The fourth-order valence-corrected chi connectivity index (χ4v) is 2.27. The predicted molar refractivity (Wildman–Crippen MR) is 88.5 cm³/mol. The Kier molecular flexibility index (Phi) is 5.62. The maximum atomic E-state index is 5.69. The van der Waals surface area contributed by atoms with E-state index in [4.69, 9.17) is 11.2 Å². The van der Waals surface area contributed by atoms with Gasteiger partial charge in [0.15, 0.2) is 0 Å². The molecule has 0 atom stereocenters. The maximum absolute atomic E-state index is 5.69. The van der Waals surface area contributed by atoms with Crippen molar-refractivity contribution in [3.8, 4) is 18.1 Å². The van der Waals surface area contributed by atoms with E-state index in [0.29, 0.717) is 6.61 Å². The largest absolute Gasteiger partial charge is 0.481 e. The molecule has 110 valence electrons. The lowest BCUT2D eigenvalue weighted by Gasteiger charge is -2.15. The van der Waals surface area contributed by atoms with E-state index >= 15 is 0 Å². The second-order valence-corrected chi connectivity index (χ2v) is 5.24. The van der Waals surface area contributed by atoms with Gasteiger partial charge in [0.1, 0.15) is 12.4 Å². The molecule has 0 saturated heterocycles. The molecule has 0 heterocycles. The molecule has 0 spiro atoms. The highest BCUT2D eigenvalue weighted by molar-refractivity contribution is 5.87. The monoisotopic (exact) mass is 282 g/mol. The van der Waals surface area contributed by atoms with Crippen LogP contribution in [0.3, 0.4) is 0 Å². The number of hydrogen-bond acceptors (Lipinski definition) is 3. The average molecular weight is 282 g/mol. The van der Waals surface area contributed by atoms with Crippen LogP contribution in [0.2, 0.25) is 0 Å². The van der Waals surface area contributed by atoms with Crippen LogP contribution in [0, 0.1) is 12.3 Å². The normalized spacial score (nSPS) is 10.8. The summed E-state index contributed by atoms with van der Waals surface area (Å²) in [4.78, 5) is 2.16. The summed E-state index contributed by atoms with van der Waals surface area (Å²) < 4.78 is 5.69. The smallest absolute Gasteiger partial charge is 0.148 e. The second-order valence-electron chi connectivity index (χ2n) is 5.24. The first-order valence-corrected chi connectivity index (χ1v) is 7.14. The zero-order valence-electron chi connectivity index (χ0n) is 12.7. The van der Waals surface area contributed by atoms with Gasteiger partial charge < -0.3 is 15.0 Å². The molecule has 0 saturated carbocycles. The standard InChI is InChI=1S/C18H22N2O/c1-4-13-21-18-10-9-15-7-5-6-8-16(15)17(18)14-19-11-12-20(2)3/h1,5-10,19H,11-14H2,2-3H3. The molecule has 1 N–H and O–H groups in total. The van der Waals surface area contributed by atoms with Crippen molar-refractivity contribution in [2.45, 2.75) is 6.54 Å². The number of fused-ring (bicyclic) bond motifs is 1. The molecule has 0 unspecified atom stereocenters. The molecule has 0 aliphatic carbocycles. The summed E-state index contributed by atoms with van der Waals surface area (Å²) >= 11 is 0. The average Bonchev–Trinajstić information content (AvgIpc) is 2.49. The Morgan fingerprint density at radius 1 is 1.19 bits per heavy atom. The Labute approximate surface area is 126 Å². The Balaban J connectivity index is 2.21. The number of nitrogens with zero attached hydrogens (tertiary/aromatic N) is 1. The van der Waals surface area contributed by atoms with Crippen molar-refractivity contribution in [1.29, 1.82) is 0 Å². The number of nitrogens with one attached hydrogen (secondary N) is 1. The number of benzene rings is 2. The van der Waals surface area contributed by atoms with E-state index in [0.717, 1.165) is 25.4 Å². The summed E-state index contributed by atoms with van der Waals surface area (Å²) in [6.07, 6.45) is 5.30. The van der Waals surface area contributed by atoms with Crippen molar-refractivity contribution in [1.82, 2.24) is 10.2 Å². The zero-order valence-corrected chi connectivity index (χ0v) is 12.7. The van der Waals surface area contributed by atoms with Crippen LogP contribution >= 0.6 is 0 Å². The molecule has 2 aromatic carbocycles. The van der Waals surface area contributed by atoms with Crippen LogP contribution in [0.15, 0.2) is 36.4 Å². The van der Waals surface area contributed by atoms with Gasteiger partial charge in [-0.25, -0.2) is 0 Å². The van der Waals surface area contributed by atoms with Crippen LogP contribution < -0.4 is 10.1 Å². The van der Waals surface area contributed by atoms with Gasteiger partial charge in [-0.15, -0.1) is 6.42 Å². The second kappa shape index (κ2) is 7.68. The minimum Gasteiger partial charge on any atom is -0.481 e. The molecule has 0 aliphatic heterocycles. The fourth-order valence-electron chi connectivity index (χ4n) is 2.27. The Morgan fingerprint density at radius 3 is 2.76 bits per heavy atom. The van der Waals surface area contributed by atoms with Gasteiger partial charge in [0.25, 0.3) is 0 Å². The molecular formula is C18H22N2O. The Bertz CT molecular complexity index is 629. The topological polar surface area (TPSA) is 24.5 Å².